The molecule has 3 nitrogen and oxygen atoms in total. The van der Waals surface area contributed by atoms with Crippen LogP contribution in [0.25, 0.3) is 0 Å². The van der Waals surface area contributed by atoms with Gasteiger partial charge in [0.25, 0.3) is 0 Å². The van der Waals surface area contributed by atoms with Gasteiger partial charge in [-0.05, 0) is 0 Å². The maximum absolute atomic E-state index is 0. The van der Waals surface area contributed by atoms with Gasteiger partial charge in [-0.2, -0.15) is 0 Å². The Morgan fingerprint density at radius 2 is 0.600 bits per heavy atom. The smallest absolute Gasteiger partial charge is 1.00 e. The fraction of sp³-hybridized carbons (Fsp3) is 0. The molecule has 0 aliphatic rings. The van der Waals surface area contributed by atoms with Gasteiger partial charge in [0, 0.05) is 18.6 Å². The Kier molecular flexibility index (Phi) is 431. The van der Waals surface area contributed by atoms with Gasteiger partial charge in [-0.1, -0.05) is 0 Å². The molecule has 0 aliphatic carbocycles. The third kappa shape index (κ3) is 23.2. The largest absolute Gasteiger partial charge is 2.00 e. The normalized spacial score (nSPS) is 0. The second-order valence-corrected chi connectivity index (χ2v) is 0. The van der Waals surface area contributed by atoms with Crippen LogP contribution in [0.5, 0.6) is 0 Å². The van der Waals surface area contributed by atoms with E-state index in [0.29, 0.717) is 0 Å². The molecule has 0 bridgehead atoms. The molecule has 0 aromatic heterocycles. The van der Waals surface area contributed by atoms with E-state index in [1.807, 2.05) is 0 Å². The minimum Gasteiger partial charge on any atom is -2.00 e. The maximum atomic E-state index is 0. The average Bonchev–Trinajstić information content (AvgIpc) is 0. The molecule has 0 aliphatic heterocycles. The van der Waals surface area contributed by atoms with Crippen LogP contribution >= 0.6 is 0 Å². The minimum absolute atomic E-state index is 0. The summed E-state index contributed by atoms with van der Waals surface area (Å²) in [7, 11) is 0. The Morgan fingerprint density at radius 1 is 0.600 bits per heavy atom. The third-order valence-corrected chi connectivity index (χ3v) is 0. The van der Waals surface area contributed by atoms with E-state index in [0.717, 1.165) is 0 Å². The van der Waals surface area contributed by atoms with Crippen molar-refractivity contribution < 1.29 is 86.4 Å². The zero-order valence-corrected chi connectivity index (χ0v) is 7.19. The number of rotatable bonds is 0. The third-order valence-electron chi connectivity index (χ3n) is 0. The first-order chi connectivity index (χ1) is 0. The molecule has 0 unspecified atom stereocenters. The zero-order valence-electron chi connectivity index (χ0n) is 2.67. The molecule has 0 atom stereocenters. The fourth-order valence-electron chi connectivity index (χ4n) is 0. The van der Waals surface area contributed by atoms with Crippen LogP contribution in [0.2, 0.25) is 0 Å². The standard InChI is InChI=1S/K.3O.V/q+1;3*-2;. The molecule has 5 heavy (non-hydrogen) atoms. The molecular formula is KO3V-5. The molecule has 0 heterocycles. The first kappa shape index (κ1) is 59.9. The van der Waals surface area contributed by atoms with E-state index >= 15 is 0 Å². The molecule has 0 N–H and O–H groups in total. The van der Waals surface area contributed by atoms with Crippen LogP contribution < -0.4 is 51.4 Å². The minimum atomic E-state index is 0. The fourth-order valence-corrected chi connectivity index (χ4v) is 0. The monoisotopic (exact) mass is 138 g/mol. The van der Waals surface area contributed by atoms with Gasteiger partial charge in [0.1, 0.15) is 0 Å². The first-order valence-electron chi connectivity index (χ1n) is 0. The van der Waals surface area contributed by atoms with Crippen molar-refractivity contribution >= 4 is 0 Å². The van der Waals surface area contributed by atoms with Crippen molar-refractivity contribution in [2.45, 2.75) is 0 Å². The second-order valence-electron chi connectivity index (χ2n) is 0. The molecule has 0 saturated carbocycles. The van der Waals surface area contributed by atoms with E-state index in [1.165, 1.54) is 0 Å². The van der Waals surface area contributed by atoms with Gasteiger partial charge in [0.2, 0.25) is 0 Å². The molecule has 0 aromatic carbocycles. The van der Waals surface area contributed by atoms with Crippen LogP contribution in [0.1, 0.15) is 0 Å². The predicted octanol–water partition coefficient (Wildman–Crippen LogP) is -3.35. The predicted molar refractivity (Wildman–Crippen MR) is 2.06 cm³/mol. The van der Waals surface area contributed by atoms with Crippen LogP contribution in [0.15, 0.2) is 0 Å². The van der Waals surface area contributed by atoms with Crippen LogP contribution in [-0.2, 0) is 35.0 Å². The molecule has 29 valence electrons. The van der Waals surface area contributed by atoms with Crippen LogP contribution in [0.4, 0.5) is 0 Å². The summed E-state index contributed by atoms with van der Waals surface area (Å²) in [5.74, 6) is 0. The Hall–Kier alpha value is 2.10. The van der Waals surface area contributed by atoms with E-state index in [1.54, 1.807) is 0 Å². The Morgan fingerprint density at radius 3 is 0.600 bits per heavy atom. The van der Waals surface area contributed by atoms with Gasteiger partial charge in [-0.3, -0.25) is 0 Å². The van der Waals surface area contributed by atoms with Gasteiger partial charge in [-0.15, -0.1) is 0 Å². The number of hydrogen-bond donors (Lipinski definition) is 0. The van der Waals surface area contributed by atoms with E-state index < -0.39 is 0 Å². The molecule has 0 saturated heterocycles. The molecule has 0 fully saturated rings. The summed E-state index contributed by atoms with van der Waals surface area (Å²) in [5.41, 5.74) is 0. The van der Waals surface area contributed by atoms with Crippen molar-refractivity contribution in [2.24, 2.45) is 0 Å². The molecule has 0 aromatic rings. The van der Waals surface area contributed by atoms with E-state index in [4.69, 9.17) is 0 Å². The second kappa shape index (κ2) is 36.0. The van der Waals surface area contributed by atoms with Crippen molar-refractivity contribution in [1.29, 1.82) is 0 Å². The molecule has 1 radical (unpaired) electrons. The molecule has 0 spiro atoms. The summed E-state index contributed by atoms with van der Waals surface area (Å²) in [6, 6.07) is 0. The molecule has 0 rings (SSSR count). The summed E-state index contributed by atoms with van der Waals surface area (Å²) >= 11 is 0. The topological polar surface area (TPSA) is 85.5 Å². The number of hydrogen-bond acceptors (Lipinski definition) is 0. The Labute approximate surface area is 84.7 Å². The van der Waals surface area contributed by atoms with E-state index in [-0.39, 0.29) is 86.4 Å². The average molecular weight is 138 g/mol. The SMILES string of the molecule is [K+].[O-2].[O-2].[O-2].[V]. The molecule has 5 heteroatoms. The van der Waals surface area contributed by atoms with Gasteiger partial charge in [0.05, 0.1) is 0 Å². The zero-order chi connectivity index (χ0) is 0. The van der Waals surface area contributed by atoms with Crippen molar-refractivity contribution in [1.82, 2.24) is 0 Å². The quantitative estimate of drug-likeness (QED) is 0.313. The summed E-state index contributed by atoms with van der Waals surface area (Å²) in [6.45, 7) is 0. The van der Waals surface area contributed by atoms with E-state index in [9.17, 15) is 0 Å². The van der Waals surface area contributed by atoms with E-state index in [2.05, 4.69) is 0 Å². The summed E-state index contributed by atoms with van der Waals surface area (Å²) in [5, 5.41) is 0. The molecule has 0 amide bonds. The first-order valence-corrected chi connectivity index (χ1v) is 0. The van der Waals surface area contributed by atoms with Crippen LogP contribution in [0, 0.1) is 0 Å². The van der Waals surface area contributed by atoms with Gasteiger partial charge in [-0.25, -0.2) is 0 Å². The van der Waals surface area contributed by atoms with Gasteiger partial charge in [0.15, 0.2) is 0 Å². The summed E-state index contributed by atoms with van der Waals surface area (Å²) < 4.78 is 0. The molecular weight excluding hydrogens is 138 g/mol. The van der Waals surface area contributed by atoms with Crippen molar-refractivity contribution in [3.05, 3.63) is 0 Å². The van der Waals surface area contributed by atoms with Gasteiger partial charge < -0.3 is 16.4 Å². The van der Waals surface area contributed by atoms with Crippen LogP contribution in [-0.4, -0.2) is 0 Å². The Bertz CT molecular complexity index is 6.85. The van der Waals surface area contributed by atoms with Crippen molar-refractivity contribution in [2.75, 3.05) is 0 Å². The van der Waals surface area contributed by atoms with Crippen LogP contribution in [0.3, 0.4) is 0 Å². The maximum Gasteiger partial charge on any atom is 1.00 e. The Balaban J connectivity index is 0. The van der Waals surface area contributed by atoms with Crippen molar-refractivity contribution in [3.63, 3.8) is 0 Å². The summed E-state index contributed by atoms with van der Waals surface area (Å²) in [4.78, 5) is 0. The van der Waals surface area contributed by atoms with Gasteiger partial charge >= 0.3 is 51.4 Å². The van der Waals surface area contributed by atoms with Crippen molar-refractivity contribution in [3.8, 4) is 0 Å². The summed E-state index contributed by atoms with van der Waals surface area (Å²) in [6.07, 6.45) is 0.